The molecule has 0 saturated carbocycles. The first-order valence-corrected chi connectivity index (χ1v) is 8.48. The largest absolute Gasteiger partial charge is 0.390 e. The number of aliphatic hydroxyl groups excluding tert-OH is 1. The minimum atomic E-state index is -0.498. The van der Waals surface area contributed by atoms with Gasteiger partial charge in [-0.3, -0.25) is 9.69 Å². The highest BCUT2D eigenvalue weighted by atomic mass is 16.5. The van der Waals surface area contributed by atoms with Crippen LogP contribution in [0.25, 0.3) is 10.9 Å². The summed E-state index contributed by atoms with van der Waals surface area (Å²) >= 11 is 0. The van der Waals surface area contributed by atoms with E-state index in [1.54, 1.807) is 4.90 Å². The maximum absolute atomic E-state index is 13.0. The monoisotopic (exact) mass is 329 g/mol. The summed E-state index contributed by atoms with van der Waals surface area (Å²) in [6, 6.07) is 7.93. The molecule has 0 unspecified atom stereocenters. The number of aliphatic hydroxyl groups is 1. The average Bonchev–Trinajstić information content (AvgIpc) is 3.16. The minimum absolute atomic E-state index is 0.00149. The van der Waals surface area contributed by atoms with Crippen LogP contribution in [0.2, 0.25) is 0 Å². The second-order valence-corrected chi connectivity index (χ2v) is 6.66. The number of rotatable bonds is 2. The summed E-state index contributed by atoms with van der Waals surface area (Å²) in [6.07, 6.45) is 1.39. The number of carbonyl (C=O) groups excluding carboxylic acids is 1. The van der Waals surface area contributed by atoms with Gasteiger partial charge >= 0.3 is 0 Å². The van der Waals surface area contributed by atoms with E-state index in [1.807, 2.05) is 42.1 Å². The molecule has 1 N–H and O–H groups in total. The van der Waals surface area contributed by atoms with Gasteiger partial charge in [0.25, 0.3) is 5.91 Å². The van der Waals surface area contributed by atoms with Crippen molar-refractivity contribution in [1.82, 2.24) is 14.4 Å². The molecule has 2 aliphatic heterocycles. The number of hydrogen-bond donors (Lipinski definition) is 1. The van der Waals surface area contributed by atoms with Crippen molar-refractivity contribution in [1.29, 1.82) is 0 Å². The van der Waals surface area contributed by atoms with Crippen molar-refractivity contribution in [2.45, 2.75) is 12.1 Å². The molecule has 1 aromatic carbocycles. The first-order valence-electron chi connectivity index (χ1n) is 8.48. The van der Waals surface area contributed by atoms with Crippen molar-refractivity contribution in [3.63, 3.8) is 0 Å². The highest BCUT2D eigenvalue weighted by molar-refractivity contribution is 6.07. The van der Waals surface area contributed by atoms with Crippen molar-refractivity contribution in [3.05, 3.63) is 36.0 Å². The molecule has 6 nitrogen and oxygen atoms in total. The van der Waals surface area contributed by atoms with Crippen LogP contribution in [0.5, 0.6) is 0 Å². The van der Waals surface area contributed by atoms with E-state index in [0.29, 0.717) is 31.9 Å². The molecule has 128 valence electrons. The van der Waals surface area contributed by atoms with Crippen molar-refractivity contribution in [2.75, 3.05) is 39.4 Å². The summed E-state index contributed by atoms with van der Waals surface area (Å²) in [5.41, 5.74) is 1.76. The van der Waals surface area contributed by atoms with Crippen LogP contribution in [0, 0.1) is 0 Å². The van der Waals surface area contributed by atoms with Crippen LogP contribution in [-0.4, -0.2) is 76.9 Å². The van der Waals surface area contributed by atoms with Crippen molar-refractivity contribution in [3.8, 4) is 0 Å². The Kier molecular flexibility index (Phi) is 4.04. The van der Waals surface area contributed by atoms with Gasteiger partial charge in [0.1, 0.15) is 0 Å². The lowest BCUT2D eigenvalue weighted by Gasteiger charge is -2.33. The maximum Gasteiger partial charge on any atom is 0.256 e. The van der Waals surface area contributed by atoms with Gasteiger partial charge in [-0.05, 0) is 6.07 Å². The molecule has 0 aliphatic carbocycles. The standard InChI is InChI=1S/C18H23N3O3/c1-19-10-14(13-4-2-3-5-15(13)19)18(23)21-11-16(17(22)12-21)20-6-8-24-9-7-20/h2-5,10,16-17,22H,6-9,11-12H2,1H3/t16-,17-/m1/s1. The number of ether oxygens (including phenoxy) is 1. The molecular weight excluding hydrogens is 306 g/mol. The zero-order valence-electron chi connectivity index (χ0n) is 13.9. The molecule has 0 radical (unpaired) electrons. The van der Waals surface area contributed by atoms with Crippen LogP contribution in [0.3, 0.4) is 0 Å². The third-order valence-electron chi connectivity index (χ3n) is 5.19. The van der Waals surface area contributed by atoms with E-state index in [1.165, 1.54) is 0 Å². The zero-order chi connectivity index (χ0) is 16.7. The number of likely N-dealkylation sites (tertiary alicyclic amines) is 1. The van der Waals surface area contributed by atoms with E-state index in [2.05, 4.69) is 4.90 Å². The SMILES string of the molecule is Cn1cc(C(=O)N2C[C@@H](O)[C@H](N3CCOCC3)C2)c2ccccc21. The second kappa shape index (κ2) is 6.20. The van der Waals surface area contributed by atoms with Gasteiger partial charge in [-0.15, -0.1) is 0 Å². The number of nitrogens with zero attached hydrogens (tertiary/aromatic N) is 3. The summed E-state index contributed by atoms with van der Waals surface area (Å²) in [6.45, 7) is 3.99. The third-order valence-corrected chi connectivity index (χ3v) is 5.19. The molecule has 4 rings (SSSR count). The lowest BCUT2D eigenvalue weighted by Crippen LogP contribution is -2.49. The van der Waals surface area contributed by atoms with Crippen LogP contribution >= 0.6 is 0 Å². The van der Waals surface area contributed by atoms with Crippen LogP contribution in [0.1, 0.15) is 10.4 Å². The molecule has 24 heavy (non-hydrogen) atoms. The Morgan fingerprint density at radius 2 is 1.96 bits per heavy atom. The van der Waals surface area contributed by atoms with E-state index < -0.39 is 6.10 Å². The number of carbonyl (C=O) groups is 1. The number of β-amino-alcohol motifs (C(OH)–C–C–N with tert-alkyl or cyclic N) is 1. The Bertz CT molecular complexity index is 751. The van der Waals surface area contributed by atoms with Crippen molar-refractivity contribution >= 4 is 16.8 Å². The highest BCUT2D eigenvalue weighted by Crippen LogP contribution is 2.25. The van der Waals surface area contributed by atoms with Gasteiger partial charge in [0.2, 0.25) is 0 Å². The topological polar surface area (TPSA) is 57.9 Å². The molecule has 3 heterocycles. The van der Waals surface area contributed by atoms with Crippen LogP contribution in [0.4, 0.5) is 0 Å². The Morgan fingerprint density at radius 1 is 1.21 bits per heavy atom. The molecule has 2 fully saturated rings. The lowest BCUT2D eigenvalue weighted by atomic mass is 10.1. The predicted octanol–water partition coefficient (Wildman–Crippen LogP) is 0.696. The summed E-state index contributed by atoms with van der Waals surface area (Å²) in [7, 11) is 1.95. The maximum atomic E-state index is 13.0. The number of para-hydroxylation sites is 1. The van der Waals surface area contributed by atoms with E-state index in [-0.39, 0.29) is 11.9 Å². The first kappa shape index (κ1) is 15.6. The van der Waals surface area contributed by atoms with Gasteiger partial charge in [0, 0.05) is 50.3 Å². The van der Waals surface area contributed by atoms with Gasteiger partial charge in [-0.25, -0.2) is 0 Å². The quantitative estimate of drug-likeness (QED) is 0.881. The fraction of sp³-hybridized carbons (Fsp3) is 0.500. The number of benzene rings is 1. The number of amides is 1. The molecular formula is C18H23N3O3. The van der Waals surface area contributed by atoms with Gasteiger partial charge in [-0.1, -0.05) is 18.2 Å². The average molecular weight is 329 g/mol. The second-order valence-electron chi connectivity index (χ2n) is 6.66. The Balaban J connectivity index is 1.56. The zero-order valence-corrected chi connectivity index (χ0v) is 13.9. The smallest absolute Gasteiger partial charge is 0.256 e. The van der Waals surface area contributed by atoms with Gasteiger partial charge in [-0.2, -0.15) is 0 Å². The van der Waals surface area contributed by atoms with Gasteiger partial charge < -0.3 is 19.3 Å². The van der Waals surface area contributed by atoms with Gasteiger partial charge in [0.15, 0.2) is 0 Å². The lowest BCUT2D eigenvalue weighted by molar-refractivity contribution is -0.00611. The van der Waals surface area contributed by atoms with Crippen LogP contribution in [0.15, 0.2) is 30.5 Å². The Morgan fingerprint density at radius 3 is 2.75 bits per heavy atom. The number of hydrogen-bond acceptors (Lipinski definition) is 4. The normalized spacial score (nSPS) is 25.5. The third kappa shape index (κ3) is 2.60. The molecule has 0 spiro atoms. The fourth-order valence-electron chi connectivity index (χ4n) is 3.89. The summed E-state index contributed by atoms with van der Waals surface area (Å²) < 4.78 is 7.36. The first-order chi connectivity index (χ1) is 11.6. The minimum Gasteiger partial charge on any atom is -0.390 e. The molecule has 2 atom stereocenters. The number of morpholine rings is 1. The van der Waals surface area contributed by atoms with E-state index >= 15 is 0 Å². The molecule has 1 amide bonds. The Hall–Kier alpha value is -1.89. The van der Waals surface area contributed by atoms with Gasteiger partial charge in [0.05, 0.1) is 30.9 Å². The summed E-state index contributed by atoms with van der Waals surface area (Å²) in [5.74, 6) is 0.00149. The summed E-state index contributed by atoms with van der Waals surface area (Å²) in [4.78, 5) is 17.0. The van der Waals surface area contributed by atoms with Crippen LogP contribution in [-0.2, 0) is 11.8 Å². The number of aryl methyl sites for hydroxylation is 1. The van der Waals surface area contributed by atoms with E-state index in [9.17, 15) is 9.90 Å². The highest BCUT2D eigenvalue weighted by Gasteiger charge is 2.38. The van der Waals surface area contributed by atoms with Crippen LogP contribution < -0.4 is 0 Å². The predicted molar refractivity (Wildman–Crippen MR) is 91.0 cm³/mol. The van der Waals surface area contributed by atoms with E-state index in [0.717, 1.165) is 24.0 Å². The number of fused-ring (bicyclic) bond motifs is 1. The molecule has 0 bridgehead atoms. The van der Waals surface area contributed by atoms with Crippen molar-refractivity contribution < 1.29 is 14.6 Å². The number of aromatic nitrogens is 1. The fourth-order valence-corrected chi connectivity index (χ4v) is 3.89. The molecule has 2 aliphatic rings. The molecule has 1 aromatic heterocycles. The summed E-state index contributed by atoms with van der Waals surface area (Å²) in [5, 5.41) is 11.4. The molecule has 2 saturated heterocycles. The van der Waals surface area contributed by atoms with E-state index in [4.69, 9.17) is 4.74 Å². The van der Waals surface area contributed by atoms with Crippen molar-refractivity contribution in [2.24, 2.45) is 7.05 Å². The Labute approximate surface area is 141 Å². The molecule has 6 heteroatoms. The molecule has 2 aromatic rings.